The van der Waals surface area contributed by atoms with Gasteiger partial charge in [0.15, 0.2) is 0 Å². The Morgan fingerprint density at radius 3 is 1.47 bits per heavy atom. The quantitative estimate of drug-likeness (QED) is 0.0747. The predicted octanol–water partition coefficient (Wildman–Crippen LogP) is 9.82. The van der Waals surface area contributed by atoms with E-state index in [1.165, 1.54) is 96.3 Å². The van der Waals surface area contributed by atoms with E-state index in [1.54, 1.807) is 11.8 Å². The van der Waals surface area contributed by atoms with Crippen molar-refractivity contribution in [1.29, 1.82) is 0 Å². The summed E-state index contributed by atoms with van der Waals surface area (Å²) < 4.78 is 10.9. The number of hydrogen-bond donors (Lipinski definition) is 0. The van der Waals surface area contributed by atoms with Crippen LogP contribution in [0.2, 0.25) is 0 Å². The summed E-state index contributed by atoms with van der Waals surface area (Å²) in [4.78, 5) is 23.9. The van der Waals surface area contributed by atoms with Crippen molar-refractivity contribution in [2.24, 2.45) is 0 Å². The van der Waals surface area contributed by atoms with E-state index >= 15 is 0 Å². The zero-order chi connectivity index (χ0) is 26.5. The van der Waals surface area contributed by atoms with Crippen molar-refractivity contribution >= 4 is 23.7 Å². The van der Waals surface area contributed by atoms with Gasteiger partial charge in [-0.2, -0.15) is 11.8 Å². The van der Waals surface area contributed by atoms with Crippen molar-refractivity contribution in [3.8, 4) is 0 Å². The van der Waals surface area contributed by atoms with Gasteiger partial charge in [0.05, 0.1) is 0 Å². The highest BCUT2D eigenvalue weighted by molar-refractivity contribution is 7.99. The molecule has 0 rings (SSSR count). The topological polar surface area (TPSA) is 52.6 Å². The van der Waals surface area contributed by atoms with Gasteiger partial charge in [0, 0.05) is 24.3 Å². The first-order chi connectivity index (χ1) is 17.6. The standard InChI is InChI=1S/C31H60O4S/c1-4-7-9-11-12-13-14-15-16-17-18-19-20-21-23-25-31(33)35-29(6-3)28-36-27-26-34-30(32)24-22-10-8-5-2/h29H,4-28H2,1-3H3. The molecule has 0 aromatic rings. The maximum atomic E-state index is 12.2. The summed E-state index contributed by atoms with van der Waals surface area (Å²) in [5.74, 6) is 1.38. The van der Waals surface area contributed by atoms with Crippen LogP contribution in [0.15, 0.2) is 0 Å². The third kappa shape index (κ3) is 26.4. The molecule has 0 aliphatic heterocycles. The molecule has 0 spiro atoms. The van der Waals surface area contributed by atoms with E-state index in [-0.39, 0.29) is 18.0 Å². The number of ether oxygens (including phenoxy) is 2. The summed E-state index contributed by atoms with van der Waals surface area (Å²) in [7, 11) is 0. The first-order valence-electron chi connectivity index (χ1n) is 15.6. The van der Waals surface area contributed by atoms with Crippen LogP contribution in [-0.2, 0) is 19.1 Å². The summed E-state index contributed by atoms with van der Waals surface area (Å²) in [6.07, 6.45) is 26.2. The molecule has 0 radical (unpaired) electrons. The zero-order valence-corrected chi connectivity index (χ0v) is 25.1. The van der Waals surface area contributed by atoms with Crippen LogP contribution in [0.4, 0.5) is 0 Å². The Labute approximate surface area is 228 Å². The predicted molar refractivity (Wildman–Crippen MR) is 157 cm³/mol. The lowest BCUT2D eigenvalue weighted by atomic mass is 10.0. The second-order valence-electron chi connectivity index (χ2n) is 10.3. The summed E-state index contributed by atoms with van der Waals surface area (Å²) in [6.45, 7) is 6.94. The fourth-order valence-electron chi connectivity index (χ4n) is 4.32. The van der Waals surface area contributed by atoms with E-state index < -0.39 is 0 Å². The van der Waals surface area contributed by atoms with Crippen LogP contribution in [0.5, 0.6) is 0 Å². The molecule has 214 valence electrons. The average Bonchev–Trinajstić information content (AvgIpc) is 2.88. The van der Waals surface area contributed by atoms with Gasteiger partial charge in [-0.1, -0.05) is 130 Å². The highest BCUT2D eigenvalue weighted by atomic mass is 32.2. The maximum absolute atomic E-state index is 12.2. The number of rotatable bonds is 28. The molecule has 0 aromatic carbocycles. The van der Waals surface area contributed by atoms with Gasteiger partial charge in [0.25, 0.3) is 0 Å². The normalized spacial score (nSPS) is 12.0. The molecule has 0 N–H and O–H groups in total. The molecule has 36 heavy (non-hydrogen) atoms. The summed E-state index contributed by atoms with van der Waals surface area (Å²) >= 11 is 1.70. The summed E-state index contributed by atoms with van der Waals surface area (Å²) in [5.41, 5.74) is 0. The number of carbonyl (C=O) groups excluding carboxylic acids is 2. The van der Waals surface area contributed by atoms with Crippen LogP contribution in [0.1, 0.15) is 162 Å². The van der Waals surface area contributed by atoms with Crippen molar-refractivity contribution < 1.29 is 19.1 Å². The van der Waals surface area contributed by atoms with Crippen molar-refractivity contribution in [2.45, 2.75) is 168 Å². The SMILES string of the molecule is CCCCCCCCCCCCCCCCCC(=O)OC(CC)CSCCOC(=O)CCCCCC. The largest absolute Gasteiger partial charge is 0.465 e. The number of carbonyl (C=O) groups is 2. The molecule has 0 bridgehead atoms. The highest BCUT2D eigenvalue weighted by Gasteiger charge is 2.13. The van der Waals surface area contributed by atoms with Crippen LogP contribution in [0, 0.1) is 0 Å². The number of thioether (sulfide) groups is 1. The van der Waals surface area contributed by atoms with Gasteiger partial charge in [-0.05, 0) is 19.3 Å². The van der Waals surface area contributed by atoms with Gasteiger partial charge in [-0.3, -0.25) is 9.59 Å². The second kappa shape index (κ2) is 28.9. The third-order valence-corrected chi connectivity index (χ3v) is 7.83. The minimum atomic E-state index is -0.0892. The number of hydrogen-bond acceptors (Lipinski definition) is 5. The number of unbranched alkanes of at least 4 members (excludes halogenated alkanes) is 17. The Kier molecular flexibility index (Phi) is 28.3. The van der Waals surface area contributed by atoms with E-state index in [0.29, 0.717) is 19.4 Å². The molecule has 1 unspecified atom stereocenters. The van der Waals surface area contributed by atoms with Crippen molar-refractivity contribution in [1.82, 2.24) is 0 Å². The first kappa shape index (κ1) is 35.3. The number of esters is 2. The van der Waals surface area contributed by atoms with Gasteiger partial charge in [-0.15, -0.1) is 0 Å². The second-order valence-corrected chi connectivity index (χ2v) is 11.5. The fraction of sp³-hybridized carbons (Fsp3) is 0.935. The monoisotopic (exact) mass is 528 g/mol. The lowest BCUT2D eigenvalue weighted by Crippen LogP contribution is -2.20. The van der Waals surface area contributed by atoms with Crippen molar-refractivity contribution in [2.75, 3.05) is 18.1 Å². The van der Waals surface area contributed by atoms with Crippen LogP contribution in [0.3, 0.4) is 0 Å². The van der Waals surface area contributed by atoms with E-state index in [9.17, 15) is 9.59 Å². The fourth-order valence-corrected chi connectivity index (χ4v) is 5.25. The van der Waals surface area contributed by atoms with Crippen LogP contribution in [0.25, 0.3) is 0 Å². The molecule has 0 heterocycles. The summed E-state index contributed by atoms with van der Waals surface area (Å²) in [5, 5.41) is 0. The van der Waals surface area contributed by atoms with E-state index in [0.717, 1.165) is 43.6 Å². The molecule has 1 atom stereocenters. The average molecular weight is 529 g/mol. The van der Waals surface area contributed by atoms with Gasteiger partial charge >= 0.3 is 11.9 Å². The zero-order valence-electron chi connectivity index (χ0n) is 24.3. The molecule has 4 nitrogen and oxygen atoms in total. The Bertz CT molecular complexity index is 483. The van der Waals surface area contributed by atoms with E-state index in [2.05, 4.69) is 20.8 Å². The van der Waals surface area contributed by atoms with Gasteiger partial charge in [0.1, 0.15) is 12.7 Å². The molecular formula is C31H60O4S. The van der Waals surface area contributed by atoms with Crippen molar-refractivity contribution in [3.05, 3.63) is 0 Å². The molecule has 0 saturated carbocycles. The van der Waals surface area contributed by atoms with Crippen LogP contribution < -0.4 is 0 Å². The molecule has 0 fully saturated rings. The summed E-state index contributed by atoms with van der Waals surface area (Å²) in [6, 6.07) is 0. The lowest BCUT2D eigenvalue weighted by Gasteiger charge is -2.16. The Morgan fingerprint density at radius 1 is 0.583 bits per heavy atom. The van der Waals surface area contributed by atoms with Gasteiger partial charge in [0.2, 0.25) is 0 Å². The smallest absolute Gasteiger partial charge is 0.306 e. The Balaban J connectivity index is 3.48. The first-order valence-corrected chi connectivity index (χ1v) is 16.7. The molecule has 0 saturated heterocycles. The molecular weight excluding hydrogens is 468 g/mol. The van der Waals surface area contributed by atoms with Gasteiger partial charge in [-0.25, -0.2) is 0 Å². The van der Waals surface area contributed by atoms with E-state index in [1.807, 2.05) is 0 Å². The minimum Gasteiger partial charge on any atom is -0.465 e. The van der Waals surface area contributed by atoms with Gasteiger partial charge < -0.3 is 9.47 Å². The molecule has 0 aliphatic carbocycles. The molecule has 5 heteroatoms. The Morgan fingerprint density at radius 2 is 1.00 bits per heavy atom. The lowest BCUT2D eigenvalue weighted by molar-refractivity contribution is -0.148. The van der Waals surface area contributed by atoms with Crippen molar-refractivity contribution in [3.63, 3.8) is 0 Å². The van der Waals surface area contributed by atoms with Crippen LogP contribution >= 0.6 is 11.8 Å². The van der Waals surface area contributed by atoms with E-state index in [4.69, 9.17) is 9.47 Å². The maximum Gasteiger partial charge on any atom is 0.306 e. The molecule has 0 aromatic heterocycles. The van der Waals surface area contributed by atoms with Crippen LogP contribution in [-0.4, -0.2) is 36.2 Å². The molecule has 0 aliphatic rings. The molecule has 0 amide bonds. The Hall–Kier alpha value is -0.710. The minimum absolute atomic E-state index is 0.0383. The third-order valence-electron chi connectivity index (χ3n) is 6.77. The highest BCUT2D eigenvalue weighted by Crippen LogP contribution is 2.15.